The van der Waals surface area contributed by atoms with E-state index in [0.717, 1.165) is 31.0 Å². The van der Waals surface area contributed by atoms with E-state index in [2.05, 4.69) is 11.9 Å². The van der Waals surface area contributed by atoms with Crippen molar-refractivity contribution in [3.63, 3.8) is 0 Å². The number of aromatic carboxylic acids is 1. The third kappa shape index (κ3) is 6.47. The Hall–Kier alpha value is -3.13. The molecule has 0 aliphatic heterocycles. The monoisotopic (exact) mass is 475 g/mol. The number of methoxy groups -OCH3 is 2. The molecule has 1 atom stereocenters. The molecule has 0 saturated heterocycles. The lowest BCUT2D eigenvalue weighted by molar-refractivity contribution is 0.0694. The fraction of sp³-hybridized carbons (Fsp3) is 0.462. The predicted octanol–water partition coefficient (Wildman–Crippen LogP) is 5.54. The van der Waals surface area contributed by atoms with E-state index in [1.54, 1.807) is 13.2 Å². The Labute approximate surface area is 199 Å². The summed E-state index contributed by atoms with van der Waals surface area (Å²) in [5.74, 6) is -1.71. The van der Waals surface area contributed by atoms with Crippen molar-refractivity contribution in [1.29, 1.82) is 0 Å². The van der Waals surface area contributed by atoms with E-state index < -0.39 is 22.8 Å². The number of nitrogens with one attached hydrogen (secondary N) is 1. The van der Waals surface area contributed by atoms with E-state index in [1.807, 2.05) is 26.0 Å². The van der Waals surface area contributed by atoms with Gasteiger partial charge in [-0.3, -0.25) is 4.79 Å². The number of H-pyrrole nitrogens is 1. The number of hydrogen-bond donors (Lipinski definition) is 2. The zero-order valence-electron chi connectivity index (χ0n) is 20.5. The number of carboxylic acid groups (broad SMARTS) is 1. The molecule has 34 heavy (non-hydrogen) atoms. The van der Waals surface area contributed by atoms with E-state index in [0.29, 0.717) is 36.7 Å². The third-order valence-corrected chi connectivity index (χ3v) is 5.75. The summed E-state index contributed by atoms with van der Waals surface area (Å²) in [6, 6.07) is 3.48. The average molecular weight is 476 g/mol. The lowest BCUT2D eigenvalue weighted by Crippen LogP contribution is -2.20. The van der Waals surface area contributed by atoms with Gasteiger partial charge in [0.1, 0.15) is 5.56 Å². The first-order valence-electron chi connectivity index (χ1n) is 11.4. The molecule has 0 fully saturated rings. The number of aromatic nitrogens is 1. The van der Waals surface area contributed by atoms with Crippen LogP contribution in [0.3, 0.4) is 0 Å². The van der Waals surface area contributed by atoms with Crippen molar-refractivity contribution in [2.75, 3.05) is 27.4 Å². The maximum atomic E-state index is 15.2. The standard InChI is InChI=1S/C26H34FNO6/c1-6-9-17(12-16(3)7-2)18-13-22(34-11-8-10-32-4)21(33-5)14-19(18)24-23(27)25(29)20(15-28-24)26(30)31/h7,13-15,17H,6,8-12H2,1-5H3,(H,28,29)(H,30,31)/t17-/m0/s1. The normalized spacial score (nSPS) is 12.5. The summed E-state index contributed by atoms with van der Waals surface area (Å²) in [6.07, 6.45) is 6.22. The summed E-state index contributed by atoms with van der Waals surface area (Å²) in [5.41, 5.74) is 0.523. The molecule has 0 saturated carbocycles. The lowest BCUT2D eigenvalue weighted by Gasteiger charge is -2.23. The lowest BCUT2D eigenvalue weighted by atomic mass is 9.84. The van der Waals surface area contributed by atoms with Crippen molar-refractivity contribution in [3.05, 3.63) is 57.1 Å². The van der Waals surface area contributed by atoms with Crippen molar-refractivity contribution < 1.29 is 28.5 Å². The Morgan fingerprint density at radius 3 is 2.56 bits per heavy atom. The number of carboxylic acids is 1. The molecule has 2 N–H and O–H groups in total. The van der Waals surface area contributed by atoms with Crippen LogP contribution in [-0.4, -0.2) is 43.5 Å². The van der Waals surface area contributed by atoms with Gasteiger partial charge in [-0.15, -0.1) is 0 Å². The van der Waals surface area contributed by atoms with Gasteiger partial charge in [-0.05, 0) is 50.3 Å². The van der Waals surface area contributed by atoms with Crippen molar-refractivity contribution in [2.24, 2.45) is 0 Å². The number of rotatable bonds is 13. The highest BCUT2D eigenvalue weighted by Gasteiger charge is 2.25. The summed E-state index contributed by atoms with van der Waals surface area (Å²) < 4.78 is 31.7. The van der Waals surface area contributed by atoms with Crippen LogP contribution in [0.5, 0.6) is 11.5 Å². The van der Waals surface area contributed by atoms with Crippen molar-refractivity contribution >= 4 is 5.97 Å². The zero-order valence-corrected chi connectivity index (χ0v) is 20.5. The molecular weight excluding hydrogens is 441 g/mol. The molecule has 7 nitrogen and oxygen atoms in total. The maximum absolute atomic E-state index is 15.2. The minimum absolute atomic E-state index is 0.0190. The number of carbonyl (C=O) groups is 1. The number of allylic oxidation sites excluding steroid dienone is 2. The minimum Gasteiger partial charge on any atom is -0.493 e. The van der Waals surface area contributed by atoms with Gasteiger partial charge in [-0.2, -0.15) is 0 Å². The molecule has 1 aromatic carbocycles. The van der Waals surface area contributed by atoms with E-state index in [4.69, 9.17) is 14.2 Å². The molecule has 0 spiro atoms. The van der Waals surface area contributed by atoms with Crippen LogP contribution in [0.1, 0.15) is 68.3 Å². The summed E-state index contributed by atoms with van der Waals surface area (Å²) in [5, 5.41) is 9.19. The van der Waals surface area contributed by atoms with Crippen molar-refractivity contribution in [1.82, 2.24) is 4.98 Å². The quantitative estimate of drug-likeness (QED) is 0.291. The highest BCUT2D eigenvalue weighted by Crippen LogP contribution is 2.42. The number of aromatic amines is 1. The Kier molecular flexibility index (Phi) is 10.3. The van der Waals surface area contributed by atoms with Gasteiger partial charge in [-0.25, -0.2) is 9.18 Å². The second-order valence-corrected chi connectivity index (χ2v) is 8.14. The minimum atomic E-state index is -1.49. The summed E-state index contributed by atoms with van der Waals surface area (Å²) in [4.78, 5) is 26.4. The molecule has 0 amide bonds. The molecule has 0 bridgehead atoms. The van der Waals surface area contributed by atoms with Crippen LogP contribution in [0.4, 0.5) is 4.39 Å². The van der Waals surface area contributed by atoms with Crippen LogP contribution in [0, 0.1) is 5.82 Å². The van der Waals surface area contributed by atoms with Gasteiger partial charge in [0.2, 0.25) is 5.43 Å². The van der Waals surface area contributed by atoms with E-state index in [1.165, 1.54) is 12.7 Å². The van der Waals surface area contributed by atoms with E-state index >= 15 is 4.39 Å². The largest absolute Gasteiger partial charge is 0.493 e. The molecule has 2 aromatic rings. The number of halogens is 1. The molecule has 1 heterocycles. The van der Waals surface area contributed by atoms with Gasteiger partial charge in [-0.1, -0.05) is 25.0 Å². The number of benzene rings is 1. The van der Waals surface area contributed by atoms with E-state index in [9.17, 15) is 14.7 Å². The Balaban J connectivity index is 2.73. The van der Waals surface area contributed by atoms with Crippen LogP contribution >= 0.6 is 0 Å². The Morgan fingerprint density at radius 2 is 1.97 bits per heavy atom. The average Bonchev–Trinajstić information content (AvgIpc) is 2.82. The van der Waals surface area contributed by atoms with Crippen LogP contribution in [0.25, 0.3) is 11.3 Å². The second-order valence-electron chi connectivity index (χ2n) is 8.14. The SMILES string of the molecule is CC=C(C)C[C@H](CCC)c1cc(OCCCOC)c(OC)cc1-c1[nH]cc(C(=O)O)c(=O)c1F. The first-order valence-corrected chi connectivity index (χ1v) is 11.4. The smallest absolute Gasteiger partial charge is 0.341 e. The molecule has 0 radical (unpaired) electrons. The second kappa shape index (κ2) is 12.9. The molecule has 186 valence electrons. The number of pyridine rings is 1. The highest BCUT2D eigenvalue weighted by atomic mass is 19.1. The summed E-state index contributed by atoms with van der Waals surface area (Å²) in [6.45, 7) is 7.05. The Morgan fingerprint density at radius 1 is 1.24 bits per heavy atom. The van der Waals surface area contributed by atoms with Gasteiger partial charge in [0.25, 0.3) is 0 Å². The maximum Gasteiger partial charge on any atom is 0.341 e. The van der Waals surface area contributed by atoms with Crippen molar-refractivity contribution in [3.8, 4) is 22.8 Å². The van der Waals surface area contributed by atoms with Crippen LogP contribution in [-0.2, 0) is 4.74 Å². The number of ether oxygens (including phenoxy) is 3. The van der Waals surface area contributed by atoms with Gasteiger partial charge in [0.15, 0.2) is 17.3 Å². The van der Waals surface area contributed by atoms with Gasteiger partial charge in [0.05, 0.1) is 19.4 Å². The van der Waals surface area contributed by atoms with E-state index in [-0.39, 0.29) is 11.6 Å². The highest BCUT2D eigenvalue weighted by molar-refractivity contribution is 5.87. The van der Waals surface area contributed by atoms with Crippen LogP contribution < -0.4 is 14.9 Å². The number of hydrogen-bond acceptors (Lipinski definition) is 5. The first-order chi connectivity index (χ1) is 16.3. The molecule has 2 rings (SSSR count). The van der Waals surface area contributed by atoms with Crippen LogP contribution in [0.15, 0.2) is 34.8 Å². The fourth-order valence-electron chi connectivity index (χ4n) is 3.87. The Bertz CT molecular complexity index is 1080. The predicted molar refractivity (Wildman–Crippen MR) is 130 cm³/mol. The fourth-order valence-corrected chi connectivity index (χ4v) is 3.87. The molecule has 0 unspecified atom stereocenters. The van der Waals surface area contributed by atoms with Gasteiger partial charge in [0, 0.05) is 31.9 Å². The van der Waals surface area contributed by atoms with Gasteiger partial charge >= 0.3 is 5.97 Å². The third-order valence-electron chi connectivity index (χ3n) is 5.75. The molecule has 8 heteroatoms. The molecule has 0 aliphatic carbocycles. The zero-order chi connectivity index (χ0) is 25.3. The summed E-state index contributed by atoms with van der Waals surface area (Å²) in [7, 11) is 3.11. The van der Waals surface area contributed by atoms with Crippen LogP contribution in [0.2, 0.25) is 0 Å². The van der Waals surface area contributed by atoms with Gasteiger partial charge < -0.3 is 24.3 Å². The molecule has 1 aromatic heterocycles. The molecular formula is C26H34FNO6. The molecule has 0 aliphatic rings. The topological polar surface area (TPSA) is 97.8 Å². The summed E-state index contributed by atoms with van der Waals surface area (Å²) >= 11 is 0. The van der Waals surface area contributed by atoms with Crippen molar-refractivity contribution in [2.45, 2.75) is 52.4 Å². The first kappa shape index (κ1) is 27.1.